The fourth-order valence-electron chi connectivity index (χ4n) is 2.58. The first-order chi connectivity index (χ1) is 10.3. The lowest BCUT2D eigenvalue weighted by Gasteiger charge is -2.29. The van der Waals surface area contributed by atoms with E-state index in [2.05, 4.69) is 14.6 Å². The van der Waals surface area contributed by atoms with Gasteiger partial charge in [0.25, 0.3) is 0 Å². The lowest BCUT2D eigenvalue weighted by molar-refractivity contribution is -0.121. The molecule has 3 heterocycles. The number of hydroxylamine groups is 2. The number of urea groups is 1. The minimum absolute atomic E-state index is 0.156. The molecular weight excluding hydrogens is 316 g/mol. The first-order valence-corrected chi connectivity index (χ1v) is 7.69. The van der Waals surface area contributed by atoms with E-state index in [0.717, 1.165) is 0 Å². The molecule has 0 aliphatic carbocycles. The van der Waals surface area contributed by atoms with Crippen molar-refractivity contribution in [2.24, 2.45) is 0 Å². The average molecular weight is 328 g/mol. The number of rotatable bonds is 4. The number of anilines is 1. The largest absolute Gasteiger partial charge is 0.418 e. The van der Waals surface area contributed by atoms with Crippen LogP contribution in [0, 0.1) is 0 Å². The van der Waals surface area contributed by atoms with Crippen molar-refractivity contribution < 1.29 is 26.8 Å². The predicted molar refractivity (Wildman–Crippen MR) is 71.6 cm³/mol. The highest BCUT2D eigenvalue weighted by atomic mass is 32.3. The molecule has 11 heteroatoms. The highest BCUT2D eigenvalue weighted by Gasteiger charge is 2.53. The Kier molecular flexibility index (Phi) is 3.47. The second kappa shape index (κ2) is 5.19. The molecule has 2 fully saturated rings. The summed E-state index contributed by atoms with van der Waals surface area (Å²) in [4.78, 5) is 29.2. The summed E-state index contributed by atoms with van der Waals surface area (Å²) < 4.78 is 34.3. The van der Waals surface area contributed by atoms with Crippen LogP contribution < -0.4 is 5.32 Å². The lowest BCUT2D eigenvalue weighted by Crippen LogP contribution is -2.50. The van der Waals surface area contributed by atoms with E-state index in [1.807, 2.05) is 0 Å². The van der Waals surface area contributed by atoms with Crippen LogP contribution in [0.4, 0.5) is 10.5 Å². The van der Waals surface area contributed by atoms with Crippen molar-refractivity contribution in [1.29, 1.82) is 0 Å². The maximum Gasteiger partial charge on any atom is 0.418 e. The van der Waals surface area contributed by atoms with E-state index in [1.54, 1.807) is 12.1 Å². The number of hydrogen-bond donors (Lipinski definition) is 2. The number of amides is 3. The zero-order valence-corrected chi connectivity index (χ0v) is 11.9. The first-order valence-electron chi connectivity index (χ1n) is 6.33. The highest BCUT2D eigenvalue weighted by Crippen LogP contribution is 2.32. The maximum atomic E-state index is 12.2. The number of nitrogens with zero attached hydrogens (tertiary/aromatic N) is 3. The fourth-order valence-corrected chi connectivity index (χ4v) is 2.97. The van der Waals surface area contributed by atoms with Crippen molar-refractivity contribution in [2.75, 3.05) is 11.9 Å². The van der Waals surface area contributed by atoms with E-state index in [9.17, 15) is 18.0 Å². The molecule has 3 amide bonds. The van der Waals surface area contributed by atoms with E-state index in [4.69, 9.17) is 4.55 Å². The second-order valence-corrected chi connectivity index (χ2v) is 5.90. The third-order valence-corrected chi connectivity index (χ3v) is 3.82. The van der Waals surface area contributed by atoms with Gasteiger partial charge < -0.3 is 10.2 Å². The van der Waals surface area contributed by atoms with E-state index in [0.29, 0.717) is 10.8 Å². The highest BCUT2D eigenvalue weighted by molar-refractivity contribution is 7.80. The van der Waals surface area contributed by atoms with Gasteiger partial charge >= 0.3 is 16.4 Å². The summed E-state index contributed by atoms with van der Waals surface area (Å²) in [5.41, 5.74) is 0.544. The Labute approximate surface area is 125 Å². The first kappa shape index (κ1) is 14.7. The molecule has 2 aliphatic heterocycles. The Morgan fingerprint density at radius 2 is 2.09 bits per heavy atom. The zero-order chi connectivity index (χ0) is 15.9. The minimum atomic E-state index is -4.78. The molecule has 0 spiro atoms. The maximum absolute atomic E-state index is 12.2. The van der Waals surface area contributed by atoms with Crippen LogP contribution in [0.3, 0.4) is 0 Å². The van der Waals surface area contributed by atoms with Crippen molar-refractivity contribution in [1.82, 2.24) is 14.9 Å². The number of nitrogens with one attached hydrogen (secondary N) is 1. The van der Waals surface area contributed by atoms with E-state index in [1.165, 1.54) is 17.3 Å². The third kappa shape index (κ3) is 2.73. The molecule has 2 saturated heterocycles. The zero-order valence-electron chi connectivity index (χ0n) is 11.1. The van der Waals surface area contributed by atoms with Gasteiger partial charge in [-0.3, -0.25) is 14.3 Å². The van der Waals surface area contributed by atoms with Gasteiger partial charge in [-0.15, -0.1) is 4.28 Å². The minimum Gasteiger partial charge on any atom is -0.324 e. The van der Waals surface area contributed by atoms with E-state index < -0.39 is 28.5 Å². The Morgan fingerprint density at radius 1 is 1.41 bits per heavy atom. The summed E-state index contributed by atoms with van der Waals surface area (Å²) in [6.45, 7) is 0.156. The second-order valence-electron chi connectivity index (χ2n) is 4.89. The van der Waals surface area contributed by atoms with Crippen molar-refractivity contribution >= 4 is 28.0 Å². The van der Waals surface area contributed by atoms with Crippen LogP contribution in [0.15, 0.2) is 24.5 Å². The van der Waals surface area contributed by atoms with Gasteiger partial charge in [-0.1, -0.05) is 0 Å². The van der Waals surface area contributed by atoms with Crippen LogP contribution in [0.2, 0.25) is 0 Å². The quantitative estimate of drug-likeness (QED) is 0.721. The molecule has 1 aromatic rings. The molecule has 0 aromatic carbocycles. The summed E-state index contributed by atoms with van der Waals surface area (Å²) in [5.74, 6) is -0.381. The van der Waals surface area contributed by atoms with Gasteiger partial charge in [0.1, 0.15) is 6.04 Å². The molecule has 2 atom stereocenters. The lowest BCUT2D eigenvalue weighted by atomic mass is 10.1. The molecule has 2 bridgehead atoms. The molecule has 10 nitrogen and oxygen atoms in total. The van der Waals surface area contributed by atoms with Crippen LogP contribution in [0.25, 0.3) is 0 Å². The summed E-state index contributed by atoms with van der Waals surface area (Å²) in [7, 11) is -4.78. The summed E-state index contributed by atoms with van der Waals surface area (Å²) in [5, 5.41) is 3.23. The summed E-state index contributed by atoms with van der Waals surface area (Å²) in [6.07, 6.45) is 3.24. The van der Waals surface area contributed by atoms with E-state index >= 15 is 0 Å². The summed E-state index contributed by atoms with van der Waals surface area (Å²) in [6, 6.07) is 1.12. The number of aromatic nitrogens is 1. The van der Waals surface area contributed by atoms with Gasteiger partial charge in [0.15, 0.2) is 0 Å². The molecule has 118 valence electrons. The van der Waals surface area contributed by atoms with Crippen molar-refractivity contribution in [2.45, 2.75) is 18.5 Å². The molecule has 2 unspecified atom stereocenters. The predicted octanol–water partition coefficient (Wildman–Crippen LogP) is -0.367. The number of carbonyl (C=O) groups is 2. The Bertz CT molecular complexity index is 709. The van der Waals surface area contributed by atoms with Crippen molar-refractivity contribution in [3.05, 3.63) is 24.5 Å². The molecule has 0 radical (unpaired) electrons. The Morgan fingerprint density at radius 3 is 2.68 bits per heavy atom. The van der Waals surface area contributed by atoms with Crippen molar-refractivity contribution in [3.63, 3.8) is 0 Å². The van der Waals surface area contributed by atoms with Gasteiger partial charge in [-0.25, -0.2) is 4.79 Å². The van der Waals surface area contributed by atoms with Crippen LogP contribution in [-0.4, -0.2) is 58.5 Å². The molecule has 22 heavy (non-hydrogen) atoms. The SMILES string of the molecule is O=C(Nc1ccncc1)C1CC2CN1C(=O)N2OS(=O)(=O)O. The normalized spacial score (nSPS) is 24.0. The van der Waals surface area contributed by atoms with Crippen LogP contribution in [0.1, 0.15) is 6.42 Å². The topological polar surface area (TPSA) is 129 Å². The van der Waals surface area contributed by atoms with Gasteiger partial charge in [-0.2, -0.15) is 13.5 Å². The standard InChI is InChI=1S/C11H12N4O6S/c16-10(13-7-1-3-12-4-2-7)9-5-8-6-14(9)11(17)15(8)21-22(18,19)20/h1-4,8-9H,5-6H2,(H,12,13,16)(H,18,19,20). The van der Waals surface area contributed by atoms with E-state index in [-0.39, 0.29) is 18.9 Å². The molecule has 2 N–H and O–H groups in total. The number of fused-ring (bicyclic) bond motifs is 2. The number of carbonyl (C=O) groups excluding carboxylic acids is 2. The molecule has 1 aromatic heterocycles. The van der Waals surface area contributed by atoms with Crippen LogP contribution in [0.5, 0.6) is 0 Å². The monoisotopic (exact) mass is 328 g/mol. The van der Waals surface area contributed by atoms with Gasteiger partial charge in [0.05, 0.1) is 6.04 Å². The van der Waals surface area contributed by atoms with Gasteiger partial charge in [0.2, 0.25) is 5.91 Å². The fraction of sp³-hybridized carbons (Fsp3) is 0.364. The molecule has 2 aliphatic rings. The molecule has 0 saturated carbocycles. The molecule has 3 rings (SSSR count). The van der Waals surface area contributed by atoms with Gasteiger partial charge in [-0.05, 0) is 12.1 Å². The third-order valence-electron chi connectivity index (χ3n) is 3.47. The molecular formula is C11H12N4O6S. The van der Waals surface area contributed by atoms with Crippen LogP contribution in [-0.2, 0) is 19.5 Å². The average Bonchev–Trinajstić information content (AvgIpc) is 2.99. The Hall–Kier alpha value is -2.24. The van der Waals surface area contributed by atoms with Gasteiger partial charge in [0, 0.05) is 31.0 Å². The summed E-state index contributed by atoms with van der Waals surface area (Å²) >= 11 is 0. The number of pyridine rings is 1. The van der Waals surface area contributed by atoms with Crippen LogP contribution >= 0.6 is 0 Å². The smallest absolute Gasteiger partial charge is 0.324 e. The Balaban J connectivity index is 1.68. The number of hydrogen-bond acceptors (Lipinski definition) is 6. The van der Waals surface area contributed by atoms with Crippen molar-refractivity contribution in [3.8, 4) is 0 Å².